The summed E-state index contributed by atoms with van der Waals surface area (Å²) < 4.78 is 10.7. The molecule has 4 heteroatoms. The smallest absolute Gasteiger partial charge is 0.137 e. The second-order valence-corrected chi connectivity index (χ2v) is 4.07. The third kappa shape index (κ3) is 4.19. The predicted molar refractivity (Wildman–Crippen MR) is 70.9 cm³/mol. The van der Waals surface area contributed by atoms with Crippen LogP contribution >= 0.6 is 11.6 Å². The molecular weight excluding hydrogens is 238 g/mol. The van der Waals surface area contributed by atoms with Crippen molar-refractivity contribution < 1.29 is 9.47 Å². The monoisotopic (exact) mass is 257 g/mol. The van der Waals surface area contributed by atoms with Crippen molar-refractivity contribution in [1.29, 1.82) is 0 Å². The Labute approximate surface area is 108 Å². The van der Waals surface area contributed by atoms with Crippen molar-refractivity contribution in [2.45, 2.75) is 19.9 Å². The summed E-state index contributed by atoms with van der Waals surface area (Å²) in [5, 5.41) is 4.01. The van der Waals surface area contributed by atoms with Gasteiger partial charge < -0.3 is 14.8 Å². The Hall–Kier alpha value is -0.770. The molecule has 1 N–H and O–H groups in total. The van der Waals surface area contributed by atoms with Crippen LogP contribution < -0.4 is 10.1 Å². The predicted octanol–water partition coefficient (Wildman–Crippen LogP) is 3.04. The van der Waals surface area contributed by atoms with Crippen molar-refractivity contribution in [3.63, 3.8) is 0 Å². The van der Waals surface area contributed by atoms with Crippen LogP contribution in [-0.2, 0) is 4.74 Å². The van der Waals surface area contributed by atoms with E-state index in [1.807, 2.05) is 25.1 Å². The van der Waals surface area contributed by atoms with Crippen LogP contribution in [0.25, 0.3) is 0 Å². The first-order valence-electron chi connectivity index (χ1n) is 5.87. The van der Waals surface area contributed by atoms with E-state index in [-0.39, 0.29) is 6.04 Å². The molecule has 0 bridgehead atoms. The lowest BCUT2D eigenvalue weighted by Gasteiger charge is -2.19. The number of hydrogen-bond acceptors (Lipinski definition) is 3. The van der Waals surface area contributed by atoms with E-state index in [0.29, 0.717) is 24.0 Å². The molecular formula is C13H20ClNO2. The van der Waals surface area contributed by atoms with E-state index in [1.54, 1.807) is 7.11 Å². The van der Waals surface area contributed by atoms with Gasteiger partial charge in [0.15, 0.2) is 0 Å². The average Bonchev–Trinajstić information content (AvgIpc) is 2.35. The minimum atomic E-state index is 0.172. The zero-order chi connectivity index (χ0) is 12.7. The fraction of sp³-hybridized carbons (Fsp3) is 0.538. The highest BCUT2D eigenvalue weighted by molar-refractivity contribution is 6.32. The summed E-state index contributed by atoms with van der Waals surface area (Å²) in [4.78, 5) is 0. The molecule has 17 heavy (non-hydrogen) atoms. The van der Waals surface area contributed by atoms with Crippen molar-refractivity contribution >= 4 is 11.6 Å². The Bertz CT molecular complexity index is 344. The van der Waals surface area contributed by atoms with Gasteiger partial charge in [-0.2, -0.15) is 0 Å². The summed E-state index contributed by atoms with van der Waals surface area (Å²) in [6.07, 6.45) is 0. The highest BCUT2D eigenvalue weighted by Crippen LogP contribution is 2.27. The van der Waals surface area contributed by atoms with Crippen molar-refractivity contribution in [2.75, 3.05) is 26.9 Å². The minimum Gasteiger partial charge on any atom is -0.495 e. The molecule has 1 rings (SSSR count). The summed E-state index contributed by atoms with van der Waals surface area (Å²) in [5.74, 6) is 0.698. The fourth-order valence-corrected chi connectivity index (χ4v) is 1.84. The SMILES string of the molecule is CCNC(COCC)c1ccc(Cl)c(OC)c1. The lowest BCUT2D eigenvalue weighted by atomic mass is 10.1. The van der Waals surface area contributed by atoms with Crippen LogP contribution in [0.2, 0.25) is 5.02 Å². The molecule has 0 fully saturated rings. The zero-order valence-electron chi connectivity index (χ0n) is 10.6. The normalized spacial score (nSPS) is 12.5. The first kappa shape index (κ1) is 14.3. The summed E-state index contributed by atoms with van der Waals surface area (Å²) in [5.41, 5.74) is 1.13. The van der Waals surface area contributed by atoms with Crippen molar-refractivity contribution in [2.24, 2.45) is 0 Å². The molecule has 0 saturated carbocycles. The van der Waals surface area contributed by atoms with Crippen LogP contribution in [0, 0.1) is 0 Å². The summed E-state index contributed by atoms with van der Waals surface area (Å²) in [7, 11) is 1.62. The van der Waals surface area contributed by atoms with Gasteiger partial charge in [-0.25, -0.2) is 0 Å². The Kier molecular flexibility index (Phi) is 6.34. The van der Waals surface area contributed by atoms with Crippen LogP contribution in [0.5, 0.6) is 5.75 Å². The molecule has 0 spiro atoms. The van der Waals surface area contributed by atoms with Gasteiger partial charge in [0.1, 0.15) is 5.75 Å². The van der Waals surface area contributed by atoms with Gasteiger partial charge >= 0.3 is 0 Å². The number of benzene rings is 1. The molecule has 96 valence electrons. The minimum absolute atomic E-state index is 0.172. The molecule has 1 aromatic rings. The van der Waals surface area contributed by atoms with Gasteiger partial charge in [-0.1, -0.05) is 24.6 Å². The Morgan fingerprint density at radius 3 is 2.71 bits per heavy atom. The number of rotatable bonds is 7. The maximum Gasteiger partial charge on any atom is 0.137 e. The van der Waals surface area contributed by atoms with Crippen LogP contribution in [0.3, 0.4) is 0 Å². The van der Waals surface area contributed by atoms with Gasteiger partial charge in [-0.05, 0) is 31.2 Å². The quantitative estimate of drug-likeness (QED) is 0.815. The Morgan fingerprint density at radius 1 is 1.35 bits per heavy atom. The Morgan fingerprint density at radius 2 is 2.12 bits per heavy atom. The molecule has 1 unspecified atom stereocenters. The first-order valence-corrected chi connectivity index (χ1v) is 6.25. The number of ether oxygens (including phenoxy) is 2. The molecule has 0 aliphatic rings. The fourth-order valence-electron chi connectivity index (χ4n) is 1.65. The maximum atomic E-state index is 6.01. The molecule has 0 saturated heterocycles. The summed E-state index contributed by atoms with van der Waals surface area (Å²) >= 11 is 6.01. The first-order chi connectivity index (χ1) is 8.22. The van der Waals surface area contributed by atoms with E-state index >= 15 is 0 Å². The maximum absolute atomic E-state index is 6.01. The van der Waals surface area contributed by atoms with E-state index in [0.717, 1.165) is 12.1 Å². The van der Waals surface area contributed by atoms with Gasteiger partial charge in [0, 0.05) is 6.61 Å². The van der Waals surface area contributed by atoms with Gasteiger partial charge in [-0.3, -0.25) is 0 Å². The average molecular weight is 258 g/mol. The molecule has 0 radical (unpaired) electrons. The van der Waals surface area contributed by atoms with Gasteiger partial charge in [0.2, 0.25) is 0 Å². The molecule has 3 nitrogen and oxygen atoms in total. The van der Waals surface area contributed by atoms with Crippen LogP contribution in [0.4, 0.5) is 0 Å². The van der Waals surface area contributed by atoms with Crippen LogP contribution in [-0.4, -0.2) is 26.9 Å². The molecule has 1 atom stereocenters. The van der Waals surface area contributed by atoms with E-state index in [4.69, 9.17) is 21.1 Å². The van der Waals surface area contributed by atoms with E-state index in [1.165, 1.54) is 0 Å². The largest absolute Gasteiger partial charge is 0.495 e. The lowest BCUT2D eigenvalue weighted by Crippen LogP contribution is -2.25. The van der Waals surface area contributed by atoms with E-state index in [2.05, 4.69) is 12.2 Å². The molecule has 0 heterocycles. The molecule has 0 amide bonds. The van der Waals surface area contributed by atoms with Crippen molar-refractivity contribution in [1.82, 2.24) is 5.32 Å². The molecule has 1 aromatic carbocycles. The Balaban J connectivity index is 2.85. The number of hydrogen-bond donors (Lipinski definition) is 1. The number of halogens is 1. The zero-order valence-corrected chi connectivity index (χ0v) is 11.4. The van der Waals surface area contributed by atoms with Crippen LogP contribution in [0.1, 0.15) is 25.5 Å². The number of nitrogens with one attached hydrogen (secondary N) is 1. The third-order valence-electron chi connectivity index (χ3n) is 2.52. The number of methoxy groups -OCH3 is 1. The second-order valence-electron chi connectivity index (χ2n) is 3.66. The topological polar surface area (TPSA) is 30.5 Å². The van der Waals surface area contributed by atoms with Crippen LogP contribution in [0.15, 0.2) is 18.2 Å². The molecule has 0 aliphatic carbocycles. The van der Waals surface area contributed by atoms with Gasteiger partial charge in [0.25, 0.3) is 0 Å². The van der Waals surface area contributed by atoms with E-state index in [9.17, 15) is 0 Å². The lowest BCUT2D eigenvalue weighted by molar-refractivity contribution is 0.123. The second kappa shape index (κ2) is 7.54. The van der Waals surface area contributed by atoms with E-state index < -0.39 is 0 Å². The number of likely N-dealkylation sites (N-methyl/N-ethyl adjacent to an activating group) is 1. The summed E-state index contributed by atoms with van der Waals surface area (Å²) in [6.45, 7) is 6.32. The summed E-state index contributed by atoms with van der Waals surface area (Å²) in [6, 6.07) is 5.98. The molecule has 0 aromatic heterocycles. The third-order valence-corrected chi connectivity index (χ3v) is 2.83. The van der Waals surface area contributed by atoms with Crippen molar-refractivity contribution in [3.05, 3.63) is 28.8 Å². The highest BCUT2D eigenvalue weighted by Gasteiger charge is 2.12. The molecule has 0 aliphatic heterocycles. The van der Waals surface area contributed by atoms with Gasteiger partial charge in [-0.15, -0.1) is 0 Å². The van der Waals surface area contributed by atoms with Crippen molar-refractivity contribution in [3.8, 4) is 5.75 Å². The van der Waals surface area contributed by atoms with Gasteiger partial charge in [0.05, 0.1) is 24.8 Å². The standard InChI is InChI=1S/C13H20ClNO2/c1-4-15-12(9-17-5-2)10-6-7-11(14)13(8-10)16-3/h6-8,12,15H,4-5,9H2,1-3H3. The highest BCUT2D eigenvalue weighted by atomic mass is 35.5.